The summed E-state index contributed by atoms with van der Waals surface area (Å²) in [6, 6.07) is 0.715. The van der Waals surface area contributed by atoms with Crippen LogP contribution in [0.4, 0.5) is 13.2 Å². The van der Waals surface area contributed by atoms with Gasteiger partial charge in [0.25, 0.3) is 0 Å². The van der Waals surface area contributed by atoms with E-state index < -0.39 is 12.1 Å². The van der Waals surface area contributed by atoms with Crippen molar-refractivity contribution in [1.29, 1.82) is 0 Å². The van der Waals surface area contributed by atoms with Gasteiger partial charge in [0, 0.05) is 38.6 Å². The number of aryl methyl sites for hydroxylation is 1. The molecule has 3 aliphatic heterocycles. The van der Waals surface area contributed by atoms with Crippen LogP contribution in [0.1, 0.15) is 31.0 Å². The fraction of sp³-hybridized carbons (Fsp3) is 0.833. The van der Waals surface area contributed by atoms with Crippen molar-refractivity contribution in [2.75, 3.05) is 32.9 Å². The lowest BCUT2D eigenvalue weighted by Gasteiger charge is -2.41. The zero-order valence-electron chi connectivity index (χ0n) is 16.2. The number of aliphatic carboxylic acids is 1. The van der Waals surface area contributed by atoms with Gasteiger partial charge in [-0.25, -0.2) is 4.79 Å². The molecule has 3 aliphatic rings. The van der Waals surface area contributed by atoms with Crippen LogP contribution in [0.25, 0.3) is 0 Å². The SMILES string of the molecule is Cc1nnc(C[C@@H]2OC[C@H]3CN(C4CCOCC4)CC[C@H]32)o1.O=C(O)C(F)(F)F. The van der Waals surface area contributed by atoms with E-state index in [4.69, 9.17) is 23.8 Å². The number of ether oxygens (including phenoxy) is 2. The summed E-state index contributed by atoms with van der Waals surface area (Å²) in [5.41, 5.74) is 0. The van der Waals surface area contributed by atoms with Crippen LogP contribution in [0.5, 0.6) is 0 Å². The van der Waals surface area contributed by atoms with E-state index in [9.17, 15) is 13.2 Å². The number of halogens is 3. The maximum atomic E-state index is 10.6. The fourth-order valence-corrected chi connectivity index (χ4v) is 4.30. The van der Waals surface area contributed by atoms with E-state index in [1.165, 1.54) is 32.4 Å². The zero-order chi connectivity index (χ0) is 21.0. The molecule has 8 nitrogen and oxygen atoms in total. The maximum Gasteiger partial charge on any atom is 0.490 e. The largest absolute Gasteiger partial charge is 0.490 e. The van der Waals surface area contributed by atoms with Crippen LogP contribution >= 0.6 is 0 Å². The first-order chi connectivity index (χ1) is 13.7. The summed E-state index contributed by atoms with van der Waals surface area (Å²) < 4.78 is 48.8. The van der Waals surface area contributed by atoms with E-state index in [-0.39, 0.29) is 6.10 Å². The van der Waals surface area contributed by atoms with Gasteiger partial charge in [0.1, 0.15) is 0 Å². The van der Waals surface area contributed by atoms with Gasteiger partial charge in [-0.15, -0.1) is 10.2 Å². The van der Waals surface area contributed by atoms with Gasteiger partial charge < -0.3 is 19.0 Å². The van der Waals surface area contributed by atoms with Gasteiger partial charge in [-0.05, 0) is 31.7 Å². The van der Waals surface area contributed by atoms with Crippen LogP contribution in [0.15, 0.2) is 4.42 Å². The first-order valence-corrected chi connectivity index (χ1v) is 9.76. The minimum atomic E-state index is -5.08. The van der Waals surface area contributed by atoms with Gasteiger partial charge >= 0.3 is 12.1 Å². The Kier molecular flexibility index (Phi) is 7.12. The third-order valence-corrected chi connectivity index (χ3v) is 5.72. The molecule has 1 N–H and O–H groups in total. The Balaban J connectivity index is 0.000000298. The van der Waals surface area contributed by atoms with E-state index in [1.54, 1.807) is 0 Å². The number of hydrogen-bond acceptors (Lipinski definition) is 7. The Hall–Kier alpha value is -1.72. The molecule has 3 saturated heterocycles. The normalized spacial score (nSPS) is 28.5. The van der Waals surface area contributed by atoms with E-state index in [0.29, 0.717) is 23.8 Å². The molecule has 0 aliphatic carbocycles. The molecule has 0 amide bonds. The molecular formula is C18H26F3N3O5. The molecule has 0 unspecified atom stereocenters. The predicted molar refractivity (Wildman–Crippen MR) is 93.2 cm³/mol. The molecule has 11 heteroatoms. The van der Waals surface area contributed by atoms with Crippen LogP contribution in [-0.2, 0) is 20.7 Å². The van der Waals surface area contributed by atoms with Gasteiger partial charge in [-0.2, -0.15) is 13.2 Å². The minimum absolute atomic E-state index is 0.252. The fourth-order valence-electron chi connectivity index (χ4n) is 4.30. The summed E-state index contributed by atoms with van der Waals surface area (Å²) in [7, 11) is 0. The van der Waals surface area contributed by atoms with Gasteiger partial charge in [0.2, 0.25) is 11.8 Å². The standard InChI is InChI=1S/C16H25N3O3.C2HF3O2/c1-11-17-18-16(22-11)8-15-14-2-5-19(9-12(14)10-21-15)13-3-6-20-7-4-13;3-2(4,5)1(6)7/h12-15H,2-10H2,1H3;(H,6,7)/t12-,14-,15+;/m1./s1. The van der Waals surface area contributed by atoms with Crippen LogP contribution in [0.2, 0.25) is 0 Å². The number of carboxylic acid groups (broad SMARTS) is 1. The topological polar surface area (TPSA) is 97.9 Å². The molecule has 0 spiro atoms. The summed E-state index contributed by atoms with van der Waals surface area (Å²) in [4.78, 5) is 11.6. The zero-order valence-corrected chi connectivity index (χ0v) is 16.2. The van der Waals surface area contributed by atoms with Crippen LogP contribution in [-0.4, -0.2) is 77.4 Å². The van der Waals surface area contributed by atoms with Crippen LogP contribution in [0.3, 0.4) is 0 Å². The third kappa shape index (κ3) is 5.89. The number of aromatic nitrogens is 2. The minimum Gasteiger partial charge on any atom is -0.475 e. The Bertz CT molecular complexity index is 678. The van der Waals surface area contributed by atoms with Crippen molar-refractivity contribution in [1.82, 2.24) is 15.1 Å². The number of fused-ring (bicyclic) bond motifs is 1. The lowest BCUT2D eigenvalue weighted by molar-refractivity contribution is -0.192. The van der Waals surface area contributed by atoms with Gasteiger partial charge in [-0.3, -0.25) is 4.90 Å². The average Bonchev–Trinajstić information content (AvgIpc) is 3.28. The average molecular weight is 421 g/mol. The molecule has 3 fully saturated rings. The second-order valence-corrected chi connectivity index (χ2v) is 7.64. The van der Waals surface area contributed by atoms with Gasteiger partial charge in [0.15, 0.2) is 0 Å². The molecule has 0 saturated carbocycles. The Morgan fingerprint density at radius 3 is 2.52 bits per heavy atom. The molecular weight excluding hydrogens is 395 g/mol. The predicted octanol–water partition coefficient (Wildman–Crippen LogP) is 2.07. The summed E-state index contributed by atoms with van der Waals surface area (Å²) in [6.45, 7) is 6.92. The number of carboxylic acids is 1. The Labute approximate surface area is 166 Å². The number of rotatable bonds is 3. The molecule has 0 radical (unpaired) electrons. The molecule has 4 heterocycles. The summed E-state index contributed by atoms with van der Waals surface area (Å²) >= 11 is 0. The van der Waals surface area contributed by atoms with E-state index in [2.05, 4.69) is 15.1 Å². The molecule has 3 atom stereocenters. The van der Waals surface area contributed by atoms with Crippen molar-refractivity contribution < 1.29 is 37.0 Å². The smallest absolute Gasteiger partial charge is 0.475 e. The molecule has 0 aromatic carbocycles. The Morgan fingerprint density at radius 2 is 1.93 bits per heavy atom. The Morgan fingerprint density at radius 1 is 1.24 bits per heavy atom. The third-order valence-electron chi connectivity index (χ3n) is 5.72. The van der Waals surface area contributed by atoms with Crippen LogP contribution < -0.4 is 0 Å². The highest BCUT2D eigenvalue weighted by molar-refractivity contribution is 5.73. The summed E-state index contributed by atoms with van der Waals surface area (Å²) in [5.74, 6) is -0.102. The van der Waals surface area contributed by atoms with E-state index in [1.807, 2.05) is 6.92 Å². The number of carbonyl (C=O) groups is 1. The quantitative estimate of drug-likeness (QED) is 0.792. The van der Waals surface area contributed by atoms with Gasteiger partial charge in [-0.1, -0.05) is 0 Å². The number of nitrogens with zero attached hydrogens (tertiary/aromatic N) is 3. The van der Waals surface area contributed by atoms with Crippen molar-refractivity contribution in [2.24, 2.45) is 11.8 Å². The first-order valence-electron chi connectivity index (χ1n) is 9.76. The number of hydrogen-bond donors (Lipinski definition) is 1. The van der Waals surface area contributed by atoms with Crippen molar-refractivity contribution in [3.8, 4) is 0 Å². The highest BCUT2D eigenvalue weighted by atomic mass is 19.4. The highest BCUT2D eigenvalue weighted by Gasteiger charge is 2.42. The molecule has 4 rings (SSSR count). The monoisotopic (exact) mass is 421 g/mol. The lowest BCUT2D eigenvalue weighted by Crippen LogP contribution is -2.48. The summed E-state index contributed by atoms with van der Waals surface area (Å²) in [5, 5.41) is 15.2. The number of alkyl halides is 3. The van der Waals surface area contributed by atoms with Gasteiger partial charge in [0.05, 0.1) is 19.1 Å². The first kappa shape index (κ1) is 22.0. The van der Waals surface area contributed by atoms with Crippen molar-refractivity contribution in [2.45, 2.75) is 50.9 Å². The molecule has 1 aromatic heterocycles. The van der Waals surface area contributed by atoms with Crippen molar-refractivity contribution >= 4 is 5.97 Å². The van der Waals surface area contributed by atoms with E-state index in [0.717, 1.165) is 32.1 Å². The molecule has 1 aromatic rings. The number of likely N-dealkylation sites (tertiary alicyclic amines) is 1. The van der Waals surface area contributed by atoms with Crippen LogP contribution in [0, 0.1) is 18.8 Å². The van der Waals surface area contributed by atoms with Crippen molar-refractivity contribution in [3.63, 3.8) is 0 Å². The maximum absolute atomic E-state index is 10.6. The second kappa shape index (κ2) is 9.40. The van der Waals surface area contributed by atoms with Crippen molar-refractivity contribution in [3.05, 3.63) is 11.8 Å². The highest BCUT2D eigenvalue weighted by Crippen LogP contribution is 2.37. The molecule has 0 bridgehead atoms. The summed E-state index contributed by atoms with van der Waals surface area (Å²) in [6.07, 6.45) is -0.480. The van der Waals surface area contributed by atoms with E-state index >= 15 is 0 Å². The molecule has 29 heavy (non-hydrogen) atoms. The second-order valence-electron chi connectivity index (χ2n) is 7.64. The lowest BCUT2D eigenvalue weighted by atomic mass is 9.82. The number of piperidine rings is 1. The molecule has 164 valence electrons.